The van der Waals surface area contributed by atoms with Crippen LogP contribution in [0.5, 0.6) is 5.75 Å². The summed E-state index contributed by atoms with van der Waals surface area (Å²) >= 11 is 0. The molecule has 0 spiro atoms. The zero-order valence-electron chi connectivity index (χ0n) is 9.89. The molecule has 1 aromatic carbocycles. The van der Waals surface area contributed by atoms with Crippen LogP contribution in [0.15, 0.2) is 12.1 Å². The number of benzene rings is 1. The molecule has 1 aliphatic heterocycles. The summed E-state index contributed by atoms with van der Waals surface area (Å²) in [5, 5.41) is 0. The van der Waals surface area contributed by atoms with Gasteiger partial charge in [-0.15, -0.1) is 0 Å². The fourth-order valence-corrected chi connectivity index (χ4v) is 2.15. The van der Waals surface area contributed by atoms with Crippen molar-refractivity contribution in [3.8, 4) is 5.75 Å². The van der Waals surface area contributed by atoms with Crippen molar-refractivity contribution < 1.29 is 9.47 Å². The largest absolute Gasteiger partial charge is 0.462 e. The van der Waals surface area contributed by atoms with Gasteiger partial charge in [0.1, 0.15) is 5.75 Å². The van der Waals surface area contributed by atoms with E-state index in [-0.39, 0.29) is 0 Å². The zero-order chi connectivity index (χ0) is 11.1. The maximum absolute atomic E-state index is 5.91. The fraction of sp³-hybridized carbons (Fsp3) is 0.538. The Kier molecular flexibility index (Phi) is 2.47. The van der Waals surface area contributed by atoms with E-state index >= 15 is 0 Å². The molecule has 0 aliphatic carbocycles. The summed E-state index contributed by atoms with van der Waals surface area (Å²) in [6.45, 7) is 6.23. The van der Waals surface area contributed by atoms with Gasteiger partial charge in [-0.05, 0) is 43.0 Å². The summed E-state index contributed by atoms with van der Waals surface area (Å²) in [6, 6.07) is 4.30. The highest BCUT2D eigenvalue weighted by molar-refractivity contribution is 5.44. The Balaban J connectivity index is 2.41. The lowest BCUT2D eigenvalue weighted by atomic mass is 9.95. The number of ether oxygens (including phenoxy) is 2. The molecule has 1 aromatic rings. The van der Waals surface area contributed by atoms with Crippen LogP contribution in [-0.4, -0.2) is 12.9 Å². The van der Waals surface area contributed by atoms with Gasteiger partial charge >= 0.3 is 0 Å². The van der Waals surface area contributed by atoms with Gasteiger partial charge in [0.25, 0.3) is 0 Å². The molecule has 0 radical (unpaired) electrons. The van der Waals surface area contributed by atoms with E-state index in [0.717, 1.165) is 18.6 Å². The van der Waals surface area contributed by atoms with Gasteiger partial charge in [0.05, 0.1) is 0 Å². The van der Waals surface area contributed by atoms with Crippen molar-refractivity contribution in [2.75, 3.05) is 7.11 Å². The number of methoxy groups -OCH3 is 1. The van der Waals surface area contributed by atoms with Crippen LogP contribution in [-0.2, 0) is 11.2 Å². The molecule has 2 heteroatoms. The summed E-state index contributed by atoms with van der Waals surface area (Å²) in [4.78, 5) is 0. The molecular weight excluding hydrogens is 188 g/mol. The topological polar surface area (TPSA) is 18.5 Å². The summed E-state index contributed by atoms with van der Waals surface area (Å²) in [7, 11) is 1.70. The molecule has 1 aliphatic rings. The highest BCUT2D eigenvalue weighted by Gasteiger charge is 2.31. The van der Waals surface area contributed by atoms with Gasteiger partial charge < -0.3 is 9.47 Å². The number of fused-ring (bicyclic) bond motifs is 1. The van der Waals surface area contributed by atoms with Crippen molar-refractivity contribution in [2.45, 2.75) is 39.4 Å². The van der Waals surface area contributed by atoms with Gasteiger partial charge in [-0.25, -0.2) is 0 Å². The highest BCUT2D eigenvalue weighted by atomic mass is 16.7. The van der Waals surface area contributed by atoms with Crippen molar-refractivity contribution in [1.29, 1.82) is 0 Å². The van der Waals surface area contributed by atoms with Crippen LogP contribution < -0.4 is 4.74 Å². The second-order valence-corrected chi connectivity index (χ2v) is 4.50. The molecule has 2 nitrogen and oxygen atoms in total. The molecule has 0 bridgehead atoms. The van der Waals surface area contributed by atoms with Crippen molar-refractivity contribution in [1.82, 2.24) is 0 Å². The van der Waals surface area contributed by atoms with Gasteiger partial charge in [-0.1, -0.05) is 6.07 Å². The molecule has 0 aromatic heterocycles. The van der Waals surface area contributed by atoms with Crippen LogP contribution in [0.4, 0.5) is 0 Å². The average molecular weight is 206 g/mol. The van der Waals surface area contributed by atoms with E-state index in [0.29, 0.717) is 0 Å². The standard InChI is InChI=1S/C13H18O2/c1-9-7-10(2)11-5-6-13(3,14-4)15-12(11)8-9/h7-8H,5-6H2,1-4H3. The lowest BCUT2D eigenvalue weighted by Crippen LogP contribution is -2.38. The Morgan fingerprint density at radius 2 is 2.07 bits per heavy atom. The predicted octanol–water partition coefficient (Wildman–Crippen LogP) is 2.99. The van der Waals surface area contributed by atoms with E-state index in [4.69, 9.17) is 9.47 Å². The molecule has 82 valence electrons. The van der Waals surface area contributed by atoms with E-state index < -0.39 is 5.79 Å². The van der Waals surface area contributed by atoms with E-state index in [1.165, 1.54) is 16.7 Å². The predicted molar refractivity (Wildman–Crippen MR) is 60.3 cm³/mol. The van der Waals surface area contributed by atoms with Crippen molar-refractivity contribution in [3.05, 3.63) is 28.8 Å². The number of hydrogen-bond donors (Lipinski definition) is 0. The van der Waals surface area contributed by atoms with Gasteiger partial charge in [0, 0.05) is 20.5 Å². The molecule has 0 saturated heterocycles. The lowest BCUT2D eigenvalue weighted by Gasteiger charge is -2.35. The molecule has 1 heterocycles. The summed E-state index contributed by atoms with van der Waals surface area (Å²) in [6.07, 6.45) is 1.95. The summed E-state index contributed by atoms with van der Waals surface area (Å²) < 4.78 is 11.3. The first-order valence-corrected chi connectivity index (χ1v) is 5.38. The SMILES string of the molecule is COC1(C)CCc2c(C)cc(C)cc2O1. The van der Waals surface area contributed by atoms with Gasteiger partial charge in [-0.3, -0.25) is 0 Å². The maximum Gasteiger partial charge on any atom is 0.207 e. The molecular formula is C13H18O2. The van der Waals surface area contributed by atoms with Crippen LogP contribution in [0.25, 0.3) is 0 Å². The maximum atomic E-state index is 5.91. The first kappa shape index (κ1) is 10.5. The first-order valence-electron chi connectivity index (χ1n) is 5.38. The minimum atomic E-state index is -0.451. The van der Waals surface area contributed by atoms with E-state index in [2.05, 4.69) is 26.0 Å². The zero-order valence-corrected chi connectivity index (χ0v) is 9.89. The van der Waals surface area contributed by atoms with Crippen LogP contribution in [0.2, 0.25) is 0 Å². The summed E-state index contributed by atoms with van der Waals surface area (Å²) in [5.41, 5.74) is 3.89. The third kappa shape index (κ3) is 1.86. The Labute approximate surface area is 91.2 Å². The molecule has 0 saturated carbocycles. The third-order valence-corrected chi connectivity index (χ3v) is 3.16. The second-order valence-electron chi connectivity index (χ2n) is 4.50. The minimum Gasteiger partial charge on any atom is -0.462 e. The number of rotatable bonds is 1. The molecule has 15 heavy (non-hydrogen) atoms. The number of aryl methyl sites for hydroxylation is 2. The quantitative estimate of drug-likeness (QED) is 0.703. The van der Waals surface area contributed by atoms with Gasteiger partial charge in [0.2, 0.25) is 5.79 Å². The van der Waals surface area contributed by atoms with Crippen molar-refractivity contribution in [3.63, 3.8) is 0 Å². The molecule has 0 fully saturated rings. The van der Waals surface area contributed by atoms with E-state index in [9.17, 15) is 0 Å². The van der Waals surface area contributed by atoms with Crippen LogP contribution >= 0.6 is 0 Å². The Hall–Kier alpha value is -1.02. The Morgan fingerprint density at radius 3 is 2.73 bits per heavy atom. The van der Waals surface area contributed by atoms with Crippen LogP contribution in [0.1, 0.15) is 30.0 Å². The first-order chi connectivity index (χ1) is 7.04. The Morgan fingerprint density at radius 1 is 1.33 bits per heavy atom. The van der Waals surface area contributed by atoms with Crippen LogP contribution in [0.3, 0.4) is 0 Å². The highest BCUT2D eigenvalue weighted by Crippen LogP contribution is 2.36. The van der Waals surface area contributed by atoms with E-state index in [1.54, 1.807) is 7.11 Å². The van der Waals surface area contributed by atoms with Gasteiger partial charge in [0.15, 0.2) is 0 Å². The summed E-state index contributed by atoms with van der Waals surface area (Å²) in [5.74, 6) is 0.538. The van der Waals surface area contributed by atoms with E-state index in [1.807, 2.05) is 6.92 Å². The second kappa shape index (κ2) is 3.53. The average Bonchev–Trinajstić information content (AvgIpc) is 2.16. The normalized spacial score (nSPS) is 24.5. The Bertz CT molecular complexity index is 384. The van der Waals surface area contributed by atoms with Crippen LogP contribution in [0, 0.1) is 13.8 Å². The van der Waals surface area contributed by atoms with Gasteiger partial charge in [-0.2, -0.15) is 0 Å². The molecule has 1 atom stereocenters. The van der Waals surface area contributed by atoms with Crippen molar-refractivity contribution >= 4 is 0 Å². The lowest BCUT2D eigenvalue weighted by molar-refractivity contribution is -0.160. The smallest absolute Gasteiger partial charge is 0.207 e. The molecule has 0 amide bonds. The molecule has 1 unspecified atom stereocenters. The monoisotopic (exact) mass is 206 g/mol. The number of hydrogen-bond acceptors (Lipinski definition) is 2. The fourth-order valence-electron chi connectivity index (χ4n) is 2.15. The minimum absolute atomic E-state index is 0.451. The molecule has 0 N–H and O–H groups in total. The third-order valence-electron chi connectivity index (χ3n) is 3.16. The van der Waals surface area contributed by atoms with Crippen molar-refractivity contribution in [2.24, 2.45) is 0 Å². The molecule has 2 rings (SSSR count).